The minimum absolute atomic E-state index is 0.0935. The SMILES string of the molecule is CC(C)(Cc1c[nH]c2ccccc12)NC(=O)C1CCOCC1. The molecule has 1 aliphatic rings. The monoisotopic (exact) mass is 300 g/mol. The van der Waals surface area contributed by atoms with Crippen LogP contribution in [0.5, 0.6) is 0 Å². The van der Waals surface area contributed by atoms with Crippen molar-refractivity contribution in [1.82, 2.24) is 10.3 Å². The lowest BCUT2D eigenvalue weighted by molar-refractivity contribution is -0.129. The number of benzene rings is 1. The molecule has 1 fully saturated rings. The van der Waals surface area contributed by atoms with Crippen molar-refractivity contribution < 1.29 is 9.53 Å². The quantitative estimate of drug-likeness (QED) is 0.912. The van der Waals surface area contributed by atoms with E-state index in [9.17, 15) is 4.79 Å². The molecule has 0 atom stereocenters. The van der Waals surface area contributed by atoms with Crippen LogP contribution in [0.3, 0.4) is 0 Å². The van der Waals surface area contributed by atoms with Crippen molar-refractivity contribution in [1.29, 1.82) is 0 Å². The zero-order valence-electron chi connectivity index (χ0n) is 13.3. The Hall–Kier alpha value is -1.81. The van der Waals surface area contributed by atoms with E-state index >= 15 is 0 Å². The summed E-state index contributed by atoms with van der Waals surface area (Å²) in [6.45, 7) is 5.57. The highest BCUT2D eigenvalue weighted by Gasteiger charge is 2.28. The van der Waals surface area contributed by atoms with Gasteiger partial charge in [0.1, 0.15) is 0 Å². The Labute approximate surface area is 131 Å². The molecule has 0 radical (unpaired) electrons. The van der Waals surface area contributed by atoms with Gasteiger partial charge in [-0.15, -0.1) is 0 Å². The van der Waals surface area contributed by atoms with Crippen LogP contribution in [-0.4, -0.2) is 29.6 Å². The Morgan fingerprint density at radius 3 is 2.82 bits per heavy atom. The summed E-state index contributed by atoms with van der Waals surface area (Å²) in [5, 5.41) is 4.45. The van der Waals surface area contributed by atoms with E-state index in [4.69, 9.17) is 4.74 Å². The predicted octanol–water partition coefficient (Wildman–Crippen LogP) is 3.03. The van der Waals surface area contributed by atoms with Crippen LogP contribution in [0, 0.1) is 5.92 Å². The minimum Gasteiger partial charge on any atom is -0.381 e. The van der Waals surface area contributed by atoms with Crippen molar-refractivity contribution in [3.8, 4) is 0 Å². The van der Waals surface area contributed by atoms with Gasteiger partial charge < -0.3 is 15.0 Å². The van der Waals surface area contributed by atoms with Crippen LogP contribution in [-0.2, 0) is 16.0 Å². The van der Waals surface area contributed by atoms with Gasteiger partial charge in [0.2, 0.25) is 5.91 Å². The van der Waals surface area contributed by atoms with Crippen LogP contribution >= 0.6 is 0 Å². The maximum Gasteiger partial charge on any atom is 0.223 e. The van der Waals surface area contributed by atoms with Crippen molar-refractivity contribution in [3.05, 3.63) is 36.0 Å². The maximum atomic E-state index is 12.4. The normalized spacial score (nSPS) is 16.8. The number of carbonyl (C=O) groups excluding carboxylic acids is 1. The molecule has 0 saturated carbocycles. The Morgan fingerprint density at radius 1 is 1.32 bits per heavy atom. The average molecular weight is 300 g/mol. The van der Waals surface area contributed by atoms with Crippen molar-refractivity contribution in [2.45, 2.75) is 38.6 Å². The summed E-state index contributed by atoms with van der Waals surface area (Å²) < 4.78 is 5.33. The maximum absolute atomic E-state index is 12.4. The number of fused-ring (bicyclic) bond motifs is 1. The standard InChI is InChI=1S/C18H24N2O2/c1-18(2,20-17(21)13-7-9-22-10-8-13)11-14-12-19-16-6-4-3-5-15(14)16/h3-6,12-13,19H,7-11H2,1-2H3,(H,20,21). The molecule has 0 spiro atoms. The topological polar surface area (TPSA) is 54.1 Å². The zero-order chi connectivity index (χ0) is 15.6. The van der Waals surface area contributed by atoms with Gasteiger partial charge in [-0.25, -0.2) is 0 Å². The van der Waals surface area contributed by atoms with Gasteiger partial charge in [0.25, 0.3) is 0 Å². The summed E-state index contributed by atoms with van der Waals surface area (Å²) in [7, 11) is 0. The van der Waals surface area contributed by atoms with Crippen molar-refractivity contribution in [2.75, 3.05) is 13.2 Å². The highest BCUT2D eigenvalue weighted by atomic mass is 16.5. The summed E-state index contributed by atoms with van der Waals surface area (Å²) in [5.41, 5.74) is 2.12. The van der Waals surface area contributed by atoms with E-state index in [0.717, 1.165) is 24.8 Å². The smallest absolute Gasteiger partial charge is 0.223 e. The van der Waals surface area contributed by atoms with Crippen molar-refractivity contribution in [2.24, 2.45) is 5.92 Å². The Bertz CT molecular complexity index is 654. The number of hydrogen-bond acceptors (Lipinski definition) is 2. The number of ether oxygens (including phenoxy) is 1. The first kappa shape index (κ1) is 15.1. The highest BCUT2D eigenvalue weighted by Crippen LogP contribution is 2.23. The Balaban J connectivity index is 1.68. The minimum atomic E-state index is -0.264. The van der Waals surface area contributed by atoms with E-state index < -0.39 is 0 Å². The molecule has 2 aromatic rings. The lowest BCUT2D eigenvalue weighted by Gasteiger charge is -2.30. The summed E-state index contributed by atoms with van der Waals surface area (Å²) >= 11 is 0. The average Bonchev–Trinajstić information content (AvgIpc) is 2.90. The third-order valence-corrected chi connectivity index (χ3v) is 4.36. The van der Waals surface area contributed by atoms with Crippen LogP contribution in [0.2, 0.25) is 0 Å². The van der Waals surface area contributed by atoms with Crippen LogP contribution in [0.4, 0.5) is 0 Å². The molecule has 3 rings (SSSR count). The number of amides is 1. The lowest BCUT2D eigenvalue weighted by Crippen LogP contribution is -2.48. The van der Waals surface area contributed by atoms with Gasteiger partial charge in [-0.05, 0) is 44.7 Å². The molecular formula is C18H24N2O2. The number of aromatic amines is 1. The third kappa shape index (κ3) is 3.33. The molecule has 1 aliphatic heterocycles. The molecule has 4 nitrogen and oxygen atoms in total. The van der Waals surface area contributed by atoms with E-state index in [-0.39, 0.29) is 17.4 Å². The number of para-hydroxylation sites is 1. The molecule has 4 heteroatoms. The molecule has 2 heterocycles. The van der Waals surface area contributed by atoms with E-state index in [1.807, 2.05) is 18.3 Å². The number of rotatable bonds is 4. The second kappa shape index (κ2) is 6.13. The van der Waals surface area contributed by atoms with Gasteiger partial charge in [0.15, 0.2) is 0 Å². The molecule has 0 unspecified atom stereocenters. The second-order valence-corrected chi connectivity index (χ2v) is 6.80. The molecule has 1 amide bonds. The predicted molar refractivity (Wildman–Crippen MR) is 87.8 cm³/mol. The summed E-state index contributed by atoms with van der Waals surface area (Å²) in [5.74, 6) is 0.254. The molecule has 2 N–H and O–H groups in total. The fraction of sp³-hybridized carbons (Fsp3) is 0.500. The number of carbonyl (C=O) groups is 1. The third-order valence-electron chi connectivity index (χ3n) is 4.36. The van der Waals surface area contributed by atoms with E-state index in [2.05, 4.69) is 36.3 Å². The van der Waals surface area contributed by atoms with Gasteiger partial charge in [-0.2, -0.15) is 0 Å². The fourth-order valence-electron chi connectivity index (χ4n) is 3.19. The first-order valence-electron chi connectivity index (χ1n) is 8.00. The molecule has 118 valence electrons. The summed E-state index contributed by atoms with van der Waals surface area (Å²) in [6.07, 6.45) is 4.52. The van der Waals surface area contributed by atoms with Crippen LogP contribution in [0.1, 0.15) is 32.3 Å². The van der Waals surface area contributed by atoms with Gasteiger partial charge in [-0.3, -0.25) is 4.79 Å². The molecule has 22 heavy (non-hydrogen) atoms. The molecule has 1 saturated heterocycles. The number of nitrogens with one attached hydrogen (secondary N) is 2. The van der Waals surface area contributed by atoms with Crippen LogP contribution in [0.25, 0.3) is 10.9 Å². The number of H-pyrrole nitrogens is 1. The van der Waals surface area contributed by atoms with Crippen LogP contribution in [0.15, 0.2) is 30.5 Å². The van der Waals surface area contributed by atoms with Crippen LogP contribution < -0.4 is 5.32 Å². The van der Waals surface area contributed by atoms with Gasteiger partial charge in [-0.1, -0.05) is 18.2 Å². The lowest BCUT2D eigenvalue weighted by atomic mass is 9.92. The summed E-state index contributed by atoms with van der Waals surface area (Å²) in [6, 6.07) is 8.28. The first-order chi connectivity index (χ1) is 10.6. The fourth-order valence-corrected chi connectivity index (χ4v) is 3.19. The van der Waals surface area contributed by atoms with Gasteiger partial charge >= 0.3 is 0 Å². The molecule has 0 bridgehead atoms. The second-order valence-electron chi connectivity index (χ2n) is 6.80. The molecule has 1 aromatic heterocycles. The van der Waals surface area contributed by atoms with Crippen molar-refractivity contribution in [3.63, 3.8) is 0 Å². The van der Waals surface area contributed by atoms with E-state index in [1.165, 1.54) is 10.9 Å². The highest BCUT2D eigenvalue weighted by molar-refractivity contribution is 5.83. The number of hydrogen-bond donors (Lipinski definition) is 2. The molecular weight excluding hydrogens is 276 g/mol. The zero-order valence-corrected chi connectivity index (χ0v) is 13.3. The number of aromatic nitrogens is 1. The van der Waals surface area contributed by atoms with E-state index in [1.54, 1.807) is 0 Å². The largest absolute Gasteiger partial charge is 0.381 e. The molecule has 1 aromatic carbocycles. The van der Waals surface area contributed by atoms with Crippen molar-refractivity contribution >= 4 is 16.8 Å². The van der Waals surface area contributed by atoms with Gasteiger partial charge in [0, 0.05) is 41.8 Å². The first-order valence-corrected chi connectivity index (χ1v) is 8.00. The van der Waals surface area contributed by atoms with E-state index in [0.29, 0.717) is 13.2 Å². The summed E-state index contributed by atoms with van der Waals surface area (Å²) in [4.78, 5) is 15.7. The van der Waals surface area contributed by atoms with Gasteiger partial charge in [0.05, 0.1) is 0 Å². The molecule has 0 aliphatic carbocycles. The Kier molecular flexibility index (Phi) is 4.21. The Morgan fingerprint density at radius 2 is 2.05 bits per heavy atom.